The molecule has 0 N–H and O–H groups in total. The van der Waals surface area contributed by atoms with E-state index in [-0.39, 0.29) is 11.9 Å². The van der Waals surface area contributed by atoms with Crippen molar-refractivity contribution in [3.05, 3.63) is 30.1 Å². The SMILES string of the molecule is CC(Cc1ccccn1)C(=O)OBr. The summed E-state index contributed by atoms with van der Waals surface area (Å²) < 4.78 is 4.43. The summed E-state index contributed by atoms with van der Waals surface area (Å²) in [7, 11) is 0. The molecule has 0 spiro atoms. The van der Waals surface area contributed by atoms with Gasteiger partial charge in [-0.25, -0.2) is 0 Å². The Bertz CT molecular complexity index is 276. The quantitative estimate of drug-likeness (QED) is 0.817. The highest BCUT2D eigenvalue weighted by atomic mass is 79.9. The molecule has 0 amide bonds. The molecule has 1 unspecified atom stereocenters. The molecule has 0 aliphatic carbocycles. The lowest BCUT2D eigenvalue weighted by Gasteiger charge is -2.05. The van der Waals surface area contributed by atoms with Crippen LogP contribution in [0.5, 0.6) is 0 Å². The summed E-state index contributed by atoms with van der Waals surface area (Å²) in [5.74, 6) is -0.445. The van der Waals surface area contributed by atoms with E-state index < -0.39 is 0 Å². The van der Waals surface area contributed by atoms with Gasteiger partial charge in [0.25, 0.3) is 0 Å². The van der Waals surface area contributed by atoms with Crippen molar-refractivity contribution < 1.29 is 8.62 Å². The van der Waals surface area contributed by atoms with Gasteiger partial charge in [-0.3, -0.25) is 9.78 Å². The lowest BCUT2D eigenvalue weighted by molar-refractivity contribution is -0.136. The van der Waals surface area contributed by atoms with E-state index in [9.17, 15) is 4.79 Å². The van der Waals surface area contributed by atoms with Crippen LogP contribution in [0.1, 0.15) is 12.6 Å². The van der Waals surface area contributed by atoms with E-state index in [4.69, 9.17) is 0 Å². The van der Waals surface area contributed by atoms with Gasteiger partial charge in [-0.2, -0.15) is 0 Å². The zero-order valence-corrected chi connectivity index (χ0v) is 8.82. The maximum atomic E-state index is 11.0. The molecule has 0 radical (unpaired) electrons. The number of rotatable bonds is 3. The van der Waals surface area contributed by atoms with Gasteiger partial charge in [0.2, 0.25) is 0 Å². The Labute approximate surface area is 85.6 Å². The first-order chi connectivity index (χ1) is 6.24. The summed E-state index contributed by atoms with van der Waals surface area (Å²) in [5, 5.41) is 0. The summed E-state index contributed by atoms with van der Waals surface area (Å²) in [4.78, 5) is 15.1. The fourth-order valence-corrected chi connectivity index (χ4v) is 1.31. The van der Waals surface area contributed by atoms with Gasteiger partial charge in [0.1, 0.15) is 0 Å². The van der Waals surface area contributed by atoms with Gasteiger partial charge in [0.05, 0.1) is 5.92 Å². The fraction of sp³-hybridized carbons (Fsp3) is 0.333. The van der Waals surface area contributed by atoms with Crippen LogP contribution < -0.4 is 0 Å². The molecule has 13 heavy (non-hydrogen) atoms. The molecule has 0 saturated carbocycles. The van der Waals surface area contributed by atoms with E-state index in [1.165, 1.54) is 0 Å². The van der Waals surface area contributed by atoms with Crippen LogP contribution in [0.2, 0.25) is 0 Å². The lowest BCUT2D eigenvalue weighted by Crippen LogP contribution is -2.13. The molecule has 0 bridgehead atoms. The molecule has 1 heterocycles. The molecule has 0 fully saturated rings. The number of aromatic nitrogens is 1. The molecular formula is C9H10BrNO2. The molecule has 0 aromatic carbocycles. The van der Waals surface area contributed by atoms with E-state index in [1.807, 2.05) is 18.2 Å². The van der Waals surface area contributed by atoms with Gasteiger partial charge in [-0.1, -0.05) is 13.0 Å². The van der Waals surface area contributed by atoms with Crippen LogP contribution in [0.3, 0.4) is 0 Å². The largest absolute Gasteiger partial charge is 0.383 e. The third kappa shape index (κ3) is 3.14. The molecule has 0 aliphatic heterocycles. The molecule has 1 aromatic rings. The summed E-state index contributed by atoms with van der Waals surface area (Å²) in [6.07, 6.45) is 2.31. The second-order valence-electron chi connectivity index (χ2n) is 2.82. The Morgan fingerprint density at radius 1 is 1.69 bits per heavy atom. The molecule has 1 rings (SSSR count). The third-order valence-corrected chi connectivity index (χ3v) is 2.04. The van der Waals surface area contributed by atoms with Gasteiger partial charge in [0, 0.05) is 18.3 Å². The highest BCUT2D eigenvalue weighted by molar-refractivity contribution is 9.06. The summed E-state index contributed by atoms with van der Waals surface area (Å²) in [6.45, 7) is 1.80. The highest BCUT2D eigenvalue weighted by Crippen LogP contribution is 2.08. The van der Waals surface area contributed by atoms with E-state index in [2.05, 4.69) is 25.1 Å². The zero-order valence-electron chi connectivity index (χ0n) is 7.24. The van der Waals surface area contributed by atoms with E-state index >= 15 is 0 Å². The molecule has 1 atom stereocenters. The topological polar surface area (TPSA) is 39.2 Å². The van der Waals surface area contributed by atoms with Crippen LogP contribution in [0.25, 0.3) is 0 Å². The second-order valence-corrected chi connectivity index (χ2v) is 3.15. The smallest absolute Gasteiger partial charge is 0.320 e. The van der Waals surface area contributed by atoms with Gasteiger partial charge in [-0.15, -0.1) is 0 Å². The summed E-state index contributed by atoms with van der Waals surface area (Å²) in [5.41, 5.74) is 0.896. The maximum Gasteiger partial charge on any atom is 0.320 e. The van der Waals surface area contributed by atoms with Crippen molar-refractivity contribution in [2.45, 2.75) is 13.3 Å². The number of hydrogen-bond donors (Lipinski definition) is 0. The van der Waals surface area contributed by atoms with E-state index in [0.29, 0.717) is 6.42 Å². The van der Waals surface area contributed by atoms with Crippen molar-refractivity contribution in [2.75, 3.05) is 0 Å². The lowest BCUT2D eigenvalue weighted by atomic mass is 10.1. The molecule has 0 saturated heterocycles. The molecule has 3 nitrogen and oxygen atoms in total. The Morgan fingerprint density at radius 3 is 3.00 bits per heavy atom. The first-order valence-electron chi connectivity index (χ1n) is 3.96. The maximum absolute atomic E-state index is 11.0. The second kappa shape index (κ2) is 4.97. The Hall–Kier alpha value is -0.900. The van der Waals surface area contributed by atoms with Crippen LogP contribution in [0, 0.1) is 5.92 Å². The number of hydrogen-bond acceptors (Lipinski definition) is 3. The van der Waals surface area contributed by atoms with Crippen LogP contribution in [0.15, 0.2) is 24.4 Å². The van der Waals surface area contributed by atoms with Crippen molar-refractivity contribution in [3.8, 4) is 0 Å². The number of pyridine rings is 1. The summed E-state index contributed by atoms with van der Waals surface area (Å²) >= 11 is 2.66. The number of carbonyl (C=O) groups excluding carboxylic acids is 1. The van der Waals surface area contributed by atoms with E-state index in [0.717, 1.165) is 5.69 Å². The number of carbonyl (C=O) groups is 1. The van der Waals surface area contributed by atoms with Crippen LogP contribution in [-0.4, -0.2) is 11.0 Å². The van der Waals surface area contributed by atoms with Gasteiger partial charge in [-0.05, 0) is 12.1 Å². The number of nitrogens with zero attached hydrogens (tertiary/aromatic N) is 1. The minimum atomic E-state index is -0.273. The molecule has 70 valence electrons. The van der Waals surface area contributed by atoms with Crippen molar-refractivity contribution in [2.24, 2.45) is 5.92 Å². The predicted molar refractivity (Wildman–Crippen MR) is 52.1 cm³/mol. The first-order valence-corrected chi connectivity index (χ1v) is 4.61. The van der Waals surface area contributed by atoms with Gasteiger partial charge in [0.15, 0.2) is 16.3 Å². The normalized spacial score (nSPS) is 12.2. The Morgan fingerprint density at radius 2 is 2.46 bits per heavy atom. The van der Waals surface area contributed by atoms with Crippen molar-refractivity contribution in [3.63, 3.8) is 0 Å². The van der Waals surface area contributed by atoms with Crippen molar-refractivity contribution >= 4 is 22.2 Å². The predicted octanol–water partition coefficient (Wildman–Crippen LogP) is 2.11. The third-order valence-electron chi connectivity index (χ3n) is 1.72. The average molecular weight is 244 g/mol. The van der Waals surface area contributed by atoms with Gasteiger partial charge < -0.3 is 3.83 Å². The monoisotopic (exact) mass is 243 g/mol. The first kappa shape index (κ1) is 10.2. The van der Waals surface area contributed by atoms with Crippen LogP contribution >= 0.6 is 16.3 Å². The zero-order chi connectivity index (χ0) is 9.68. The minimum absolute atomic E-state index is 0.172. The number of halogens is 1. The Balaban J connectivity index is 2.55. The highest BCUT2D eigenvalue weighted by Gasteiger charge is 2.14. The van der Waals surface area contributed by atoms with E-state index in [1.54, 1.807) is 13.1 Å². The molecular weight excluding hydrogens is 234 g/mol. The van der Waals surface area contributed by atoms with Crippen molar-refractivity contribution in [1.82, 2.24) is 4.98 Å². The molecule has 4 heteroatoms. The fourth-order valence-electron chi connectivity index (χ4n) is 0.992. The van der Waals surface area contributed by atoms with Crippen LogP contribution in [0.4, 0.5) is 0 Å². The Kier molecular flexibility index (Phi) is 3.89. The van der Waals surface area contributed by atoms with Gasteiger partial charge >= 0.3 is 5.97 Å². The molecule has 1 aromatic heterocycles. The van der Waals surface area contributed by atoms with Crippen LogP contribution in [-0.2, 0) is 15.0 Å². The summed E-state index contributed by atoms with van der Waals surface area (Å²) in [6, 6.07) is 5.63. The minimum Gasteiger partial charge on any atom is -0.383 e. The van der Waals surface area contributed by atoms with Crippen molar-refractivity contribution in [1.29, 1.82) is 0 Å². The average Bonchev–Trinajstić information content (AvgIpc) is 2.18. The molecule has 0 aliphatic rings. The standard InChI is InChI=1S/C9H10BrNO2/c1-7(9(12)13-10)6-8-4-2-3-5-11-8/h2-5,7H,6H2,1H3.